The van der Waals surface area contributed by atoms with E-state index in [1.54, 1.807) is 15.9 Å². The molecule has 1 aliphatic carbocycles. The molecule has 29 heavy (non-hydrogen) atoms. The first kappa shape index (κ1) is 19.7. The SMILES string of the molecule is CNC(=O)NC(=O)CSc1nc2sc3c(c2c(=O)n1-c1ccccc1)CCCC3. The van der Waals surface area contributed by atoms with E-state index in [1.807, 2.05) is 30.3 Å². The Labute approximate surface area is 175 Å². The van der Waals surface area contributed by atoms with Gasteiger partial charge in [-0.2, -0.15) is 0 Å². The number of hydrogen-bond acceptors (Lipinski definition) is 6. The van der Waals surface area contributed by atoms with Crippen LogP contribution >= 0.6 is 23.1 Å². The highest BCUT2D eigenvalue weighted by Gasteiger charge is 2.23. The lowest BCUT2D eigenvalue weighted by atomic mass is 9.97. The van der Waals surface area contributed by atoms with E-state index in [0.717, 1.165) is 47.8 Å². The van der Waals surface area contributed by atoms with Gasteiger partial charge >= 0.3 is 6.03 Å². The quantitative estimate of drug-likeness (QED) is 0.492. The number of thiophene rings is 1. The van der Waals surface area contributed by atoms with Crippen LogP contribution in [0.4, 0.5) is 4.79 Å². The van der Waals surface area contributed by atoms with Gasteiger partial charge in [-0.15, -0.1) is 11.3 Å². The Hall–Kier alpha value is -2.65. The zero-order valence-electron chi connectivity index (χ0n) is 15.9. The highest BCUT2D eigenvalue weighted by atomic mass is 32.2. The molecule has 3 aromatic rings. The normalized spacial score (nSPS) is 13.1. The first-order valence-electron chi connectivity index (χ1n) is 9.35. The van der Waals surface area contributed by atoms with Crippen molar-refractivity contribution in [3.05, 3.63) is 51.1 Å². The van der Waals surface area contributed by atoms with Crippen LogP contribution in [-0.2, 0) is 17.6 Å². The molecule has 3 amide bonds. The van der Waals surface area contributed by atoms with Crippen LogP contribution in [0.5, 0.6) is 0 Å². The second-order valence-corrected chi connectivity index (χ2v) is 8.70. The van der Waals surface area contributed by atoms with Gasteiger partial charge in [0.1, 0.15) is 4.83 Å². The van der Waals surface area contributed by atoms with E-state index >= 15 is 0 Å². The predicted molar refractivity (Wildman–Crippen MR) is 115 cm³/mol. The summed E-state index contributed by atoms with van der Waals surface area (Å²) in [7, 11) is 1.44. The average molecular weight is 429 g/mol. The van der Waals surface area contributed by atoms with Gasteiger partial charge < -0.3 is 5.32 Å². The maximum absolute atomic E-state index is 13.5. The van der Waals surface area contributed by atoms with Gasteiger partial charge in [-0.05, 0) is 43.4 Å². The van der Waals surface area contributed by atoms with E-state index in [0.29, 0.717) is 16.2 Å². The fourth-order valence-electron chi connectivity index (χ4n) is 3.44. The Kier molecular flexibility index (Phi) is 5.68. The smallest absolute Gasteiger partial charge is 0.321 e. The Morgan fingerprint density at radius 3 is 2.72 bits per heavy atom. The van der Waals surface area contributed by atoms with Crippen molar-refractivity contribution in [2.75, 3.05) is 12.8 Å². The minimum absolute atomic E-state index is 0.0245. The van der Waals surface area contributed by atoms with Gasteiger partial charge in [0.05, 0.1) is 16.8 Å². The summed E-state index contributed by atoms with van der Waals surface area (Å²) in [6.45, 7) is 0. The fraction of sp³-hybridized carbons (Fsp3) is 0.300. The van der Waals surface area contributed by atoms with E-state index in [-0.39, 0.29) is 11.3 Å². The molecule has 2 heterocycles. The molecule has 0 unspecified atom stereocenters. The zero-order valence-corrected chi connectivity index (χ0v) is 17.5. The zero-order chi connectivity index (χ0) is 20.4. The molecule has 0 saturated heterocycles. The predicted octanol–water partition coefficient (Wildman–Crippen LogP) is 2.87. The van der Waals surface area contributed by atoms with Gasteiger partial charge in [0.15, 0.2) is 5.16 Å². The number of aryl methyl sites for hydroxylation is 2. The number of carbonyl (C=O) groups excluding carboxylic acids is 2. The highest BCUT2D eigenvalue weighted by molar-refractivity contribution is 7.99. The van der Waals surface area contributed by atoms with Gasteiger partial charge in [-0.25, -0.2) is 9.78 Å². The molecule has 150 valence electrons. The number of nitrogens with one attached hydrogen (secondary N) is 2. The Balaban J connectivity index is 1.79. The number of imide groups is 1. The van der Waals surface area contributed by atoms with Crippen molar-refractivity contribution in [1.82, 2.24) is 20.2 Å². The molecule has 9 heteroatoms. The van der Waals surface area contributed by atoms with Gasteiger partial charge in [-0.1, -0.05) is 30.0 Å². The fourth-order valence-corrected chi connectivity index (χ4v) is 5.56. The Morgan fingerprint density at radius 1 is 1.21 bits per heavy atom. The maximum Gasteiger partial charge on any atom is 0.321 e. The lowest BCUT2D eigenvalue weighted by Gasteiger charge is -2.13. The van der Waals surface area contributed by atoms with Gasteiger partial charge in [-0.3, -0.25) is 19.5 Å². The number of carbonyl (C=O) groups is 2. The van der Waals surface area contributed by atoms with Crippen molar-refractivity contribution >= 4 is 45.3 Å². The van der Waals surface area contributed by atoms with E-state index in [1.165, 1.54) is 11.9 Å². The van der Waals surface area contributed by atoms with Crippen LogP contribution < -0.4 is 16.2 Å². The van der Waals surface area contributed by atoms with Crippen molar-refractivity contribution in [1.29, 1.82) is 0 Å². The third kappa shape index (κ3) is 3.92. The molecule has 0 aliphatic heterocycles. The Bertz CT molecular complexity index is 1140. The van der Waals surface area contributed by atoms with Crippen LogP contribution in [0.3, 0.4) is 0 Å². The second kappa shape index (κ2) is 8.38. The molecule has 2 N–H and O–H groups in total. The molecule has 0 atom stereocenters. The summed E-state index contributed by atoms with van der Waals surface area (Å²) < 4.78 is 1.57. The summed E-state index contributed by atoms with van der Waals surface area (Å²) in [5.74, 6) is -0.475. The van der Waals surface area contributed by atoms with Crippen LogP contribution in [0.1, 0.15) is 23.3 Å². The van der Waals surface area contributed by atoms with Crippen molar-refractivity contribution in [2.24, 2.45) is 0 Å². The lowest BCUT2D eigenvalue weighted by molar-refractivity contribution is -0.117. The first-order valence-corrected chi connectivity index (χ1v) is 11.2. The summed E-state index contributed by atoms with van der Waals surface area (Å²) in [5, 5.41) is 5.72. The molecule has 1 aliphatic rings. The van der Waals surface area contributed by atoms with Crippen molar-refractivity contribution < 1.29 is 9.59 Å². The molecule has 7 nitrogen and oxygen atoms in total. The van der Waals surface area contributed by atoms with Crippen LogP contribution in [-0.4, -0.2) is 34.3 Å². The van der Waals surface area contributed by atoms with Crippen LogP contribution in [0.15, 0.2) is 40.3 Å². The Morgan fingerprint density at radius 2 is 1.97 bits per heavy atom. The monoisotopic (exact) mass is 428 g/mol. The number of para-hydroxylation sites is 1. The number of aromatic nitrogens is 2. The molecule has 1 aromatic carbocycles. The third-order valence-corrected chi connectivity index (χ3v) is 6.91. The number of benzene rings is 1. The first-order chi connectivity index (χ1) is 14.1. The lowest BCUT2D eigenvalue weighted by Crippen LogP contribution is -2.38. The number of amides is 3. The highest BCUT2D eigenvalue weighted by Crippen LogP contribution is 2.35. The molecular formula is C20H20N4O3S2. The van der Waals surface area contributed by atoms with Crippen molar-refractivity contribution in [3.8, 4) is 5.69 Å². The minimum Gasteiger partial charge on any atom is -0.341 e. The number of hydrogen-bond donors (Lipinski definition) is 2. The number of thioether (sulfide) groups is 1. The molecule has 0 bridgehead atoms. The maximum atomic E-state index is 13.5. The number of nitrogens with zero attached hydrogens (tertiary/aromatic N) is 2. The summed E-state index contributed by atoms with van der Waals surface area (Å²) in [4.78, 5) is 43.6. The largest absolute Gasteiger partial charge is 0.341 e. The summed E-state index contributed by atoms with van der Waals surface area (Å²) in [6, 6.07) is 8.75. The van der Waals surface area contributed by atoms with Crippen LogP contribution in [0, 0.1) is 0 Å². The molecule has 2 aromatic heterocycles. The van der Waals surface area contributed by atoms with Gasteiger partial charge in [0.25, 0.3) is 5.56 Å². The molecule has 0 radical (unpaired) electrons. The van der Waals surface area contributed by atoms with Crippen LogP contribution in [0.25, 0.3) is 15.9 Å². The molecular weight excluding hydrogens is 408 g/mol. The van der Waals surface area contributed by atoms with E-state index < -0.39 is 11.9 Å². The number of urea groups is 1. The number of rotatable bonds is 4. The van der Waals surface area contributed by atoms with Crippen LogP contribution in [0.2, 0.25) is 0 Å². The number of fused-ring (bicyclic) bond motifs is 3. The third-order valence-electron chi connectivity index (χ3n) is 4.78. The van der Waals surface area contributed by atoms with E-state index in [4.69, 9.17) is 4.98 Å². The second-order valence-electron chi connectivity index (χ2n) is 6.68. The summed E-state index contributed by atoms with van der Waals surface area (Å²) in [5.41, 5.74) is 1.74. The molecule has 0 saturated carbocycles. The minimum atomic E-state index is -0.564. The average Bonchev–Trinajstić information content (AvgIpc) is 3.11. The van der Waals surface area contributed by atoms with Crippen molar-refractivity contribution in [3.63, 3.8) is 0 Å². The van der Waals surface area contributed by atoms with E-state index in [9.17, 15) is 14.4 Å². The standard InChI is InChI=1S/C20H20N4O3S2/c1-21-19(27)22-15(25)11-28-20-23-17-16(13-9-5-6-10-14(13)29-17)18(26)24(20)12-7-3-2-4-8-12/h2-4,7-8H,5-6,9-11H2,1H3,(H2,21,22,25,27). The van der Waals surface area contributed by atoms with Gasteiger partial charge in [0.2, 0.25) is 5.91 Å². The topological polar surface area (TPSA) is 93.1 Å². The van der Waals surface area contributed by atoms with E-state index in [2.05, 4.69) is 10.6 Å². The summed E-state index contributed by atoms with van der Waals surface area (Å²) >= 11 is 2.72. The molecule has 0 fully saturated rings. The van der Waals surface area contributed by atoms with Crippen molar-refractivity contribution in [2.45, 2.75) is 30.8 Å². The molecule has 0 spiro atoms. The summed E-state index contributed by atoms with van der Waals surface area (Å²) in [6.07, 6.45) is 4.11. The molecule has 4 rings (SSSR count). The van der Waals surface area contributed by atoms with Gasteiger partial charge in [0, 0.05) is 11.9 Å².